The summed E-state index contributed by atoms with van der Waals surface area (Å²) in [7, 11) is 1.64. The van der Waals surface area contributed by atoms with Gasteiger partial charge in [-0.15, -0.1) is 0 Å². The molecular formula is C27H34O3. The minimum atomic E-state index is -0.348. The first-order chi connectivity index (χ1) is 14.1. The topological polar surface area (TPSA) is 35.5 Å². The van der Waals surface area contributed by atoms with Gasteiger partial charge in [-0.05, 0) is 83.5 Å². The van der Waals surface area contributed by atoms with Crippen molar-refractivity contribution in [2.75, 3.05) is 13.7 Å². The minimum absolute atomic E-state index is 0.159. The zero-order valence-electron chi connectivity index (χ0n) is 19.4. The lowest BCUT2D eigenvalue weighted by Crippen LogP contribution is -2.34. The Morgan fingerprint density at radius 3 is 2.27 bits per heavy atom. The van der Waals surface area contributed by atoms with Gasteiger partial charge in [0.05, 0.1) is 13.7 Å². The number of carbonyl (C=O) groups is 1. The van der Waals surface area contributed by atoms with Gasteiger partial charge in [-0.2, -0.15) is 0 Å². The number of methoxy groups -OCH3 is 1. The van der Waals surface area contributed by atoms with Crippen LogP contribution in [0.4, 0.5) is 0 Å². The van der Waals surface area contributed by atoms with Crippen LogP contribution in [-0.4, -0.2) is 19.7 Å². The maximum absolute atomic E-state index is 11.8. The summed E-state index contributed by atoms with van der Waals surface area (Å²) in [5, 5.41) is 0. The Bertz CT molecular complexity index is 980. The molecule has 0 spiro atoms. The molecule has 0 radical (unpaired) electrons. The summed E-state index contributed by atoms with van der Waals surface area (Å²) in [6.07, 6.45) is 5.61. The predicted octanol–water partition coefficient (Wildman–Crippen LogP) is 6.60. The fourth-order valence-corrected chi connectivity index (χ4v) is 4.41. The Morgan fingerprint density at radius 1 is 1.03 bits per heavy atom. The largest absolute Gasteiger partial charge is 0.496 e. The van der Waals surface area contributed by atoms with Crippen molar-refractivity contribution in [2.24, 2.45) is 0 Å². The van der Waals surface area contributed by atoms with Gasteiger partial charge in [0.1, 0.15) is 5.75 Å². The maximum atomic E-state index is 11.8. The van der Waals surface area contributed by atoms with Gasteiger partial charge in [-0.3, -0.25) is 0 Å². The molecule has 0 heterocycles. The summed E-state index contributed by atoms with van der Waals surface area (Å²) in [4.78, 5) is 11.8. The van der Waals surface area contributed by atoms with Crippen LogP contribution < -0.4 is 4.74 Å². The van der Waals surface area contributed by atoms with Crippen molar-refractivity contribution >= 4 is 12.0 Å². The molecule has 3 nitrogen and oxygen atoms in total. The average molecular weight is 407 g/mol. The first-order valence-electron chi connectivity index (χ1n) is 10.8. The van der Waals surface area contributed by atoms with Crippen molar-refractivity contribution in [1.29, 1.82) is 0 Å². The molecule has 2 aromatic rings. The number of rotatable bonds is 5. The highest BCUT2D eigenvalue weighted by Crippen LogP contribution is 2.47. The van der Waals surface area contributed by atoms with Crippen LogP contribution >= 0.6 is 0 Å². The van der Waals surface area contributed by atoms with Gasteiger partial charge in [-0.1, -0.05) is 45.9 Å². The first-order valence-corrected chi connectivity index (χ1v) is 10.8. The third-order valence-electron chi connectivity index (χ3n) is 6.42. The molecule has 0 amide bonds. The Balaban J connectivity index is 2.10. The van der Waals surface area contributed by atoms with E-state index in [0.717, 1.165) is 16.9 Å². The van der Waals surface area contributed by atoms with Gasteiger partial charge >= 0.3 is 5.97 Å². The Hall–Kier alpha value is -2.55. The van der Waals surface area contributed by atoms with E-state index in [4.69, 9.17) is 9.47 Å². The standard InChI is InChI=1S/C27H34O3/c1-8-30-25(28)12-10-20-16-19(9-11-24(20)29-7)21-17-23-22(15-18(21)2)26(3,4)13-14-27(23,5)6/h9-12,15-17H,8,13-14H2,1-7H3. The molecule has 0 bridgehead atoms. The number of fused-ring (bicyclic) bond motifs is 1. The Kier molecular flexibility index (Phi) is 6.12. The molecule has 0 aliphatic heterocycles. The highest BCUT2D eigenvalue weighted by atomic mass is 16.5. The quantitative estimate of drug-likeness (QED) is 0.415. The lowest BCUT2D eigenvalue weighted by Gasteiger charge is -2.42. The van der Waals surface area contributed by atoms with E-state index in [-0.39, 0.29) is 16.8 Å². The molecule has 0 atom stereocenters. The van der Waals surface area contributed by atoms with Gasteiger partial charge in [0.25, 0.3) is 0 Å². The van der Waals surface area contributed by atoms with Gasteiger partial charge < -0.3 is 9.47 Å². The molecule has 3 heteroatoms. The lowest BCUT2D eigenvalue weighted by atomic mass is 9.62. The van der Waals surface area contributed by atoms with E-state index < -0.39 is 0 Å². The second-order valence-electron chi connectivity index (χ2n) is 9.52. The second kappa shape index (κ2) is 8.29. The minimum Gasteiger partial charge on any atom is -0.496 e. The highest BCUT2D eigenvalue weighted by Gasteiger charge is 2.37. The Morgan fingerprint density at radius 2 is 1.67 bits per heavy atom. The molecule has 0 fully saturated rings. The van der Waals surface area contributed by atoms with Crippen LogP contribution in [0.3, 0.4) is 0 Å². The van der Waals surface area contributed by atoms with Gasteiger partial charge in [0.2, 0.25) is 0 Å². The normalized spacial score (nSPS) is 16.9. The molecule has 0 saturated carbocycles. The van der Waals surface area contributed by atoms with Crippen molar-refractivity contribution in [3.8, 4) is 16.9 Å². The van der Waals surface area contributed by atoms with Gasteiger partial charge in [0, 0.05) is 11.6 Å². The molecule has 1 aliphatic carbocycles. The van der Waals surface area contributed by atoms with Crippen molar-refractivity contribution in [3.05, 3.63) is 58.7 Å². The monoisotopic (exact) mass is 406 g/mol. The maximum Gasteiger partial charge on any atom is 0.330 e. The lowest BCUT2D eigenvalue weighted by molar-refractivity contribution is -0.137. The van der Waals surface area contributed by atoms with Crippen LogP contribution in [0.2, 0.25) is 0 Å². The number of benzene rings is 2. The SMILES string of the molecule is CCOC(=O)C=Cc1cc(-c2cc3c(cc2C)C(C)(C)CCC3(C)C)ccc1OC. The predicted molar refractivity (Wildman–Crippen MR) is 124 cm³/mol. The second-order valence-corrected chi connectivity index (χ2v) is 9.52. The zero-order chi connectivity index (χ0) is 22.1. The van der Waals surface area contributed by atoms with Crippen LogP contribution in [0.5, 0.6) is 5.75 Å². The summed E-state index contributed by atoms with van der Waals surface area (Å²) in [5.41, 5.74) is 7.75. The van der Waals surface area contributed by atoms with Crippen molar-refractivity contribution in [2.45, 2.75) is 65.2 Å². The fourth-order valence-electron chi connectivity index (χ4n) is 4.41. The zero-order valence-corrected chi connectivity index (χ0v) is 19.4. The van der Waals surface area contributed by atoms with Gasteiger partial charge in [-0.25, -0.2) is 4.79 Å². The summed E-state index contributed by atoms with van der Waals surface area (Å²) in [6.45, 7) is 13.8. The number of ether oxygens (including phenoxy) is 2. The molecule has 0 unspecified atom stereocenters. The number of hydrogen-bond donors (Lipinski definition) is 0. The smallest absolute Gasteiger partial charge is 0.330 e. The Labute approximate surface area is 181 Å². The molecule has 1 aliphatic rings. The van der Waals surface area contributed by atoms with Crippen LogP contribution in [0.25, 0.3) is 17.2 Å². The number of esters is 1. The fraction of sp³-hybridized carbons (Fsp3) is 0.444. The molecule has 0 N–H and O–H groups in total. The molecule has 160 valence electrons. The average Bonchev–Trinajstić information content (AvgIpc) is 2.70. The van der Waals surface area contributed by atoms with E-state index >= 15 is 0 Å². The number of hydrogen-bond acceptors (Lipinski definition) is 3. The number of carbonyl (C=O) groups excluding carboxylic acids is 1. The molecule has 2 aromatic carbocycles. The van der Waals surface area contributed by atoms with E-state index in [1.54, 1.807) is 20.1 Å². The summed E-state index contributed by atoms with van der Waals surface area (Å²) in [6, 6.07) is 10.9. The molecule has 3 rings (SSSR count). The number of aryl methyl sites for hydroxylation is 1. The third-order valence-corrected chi connectivity index (χ3v) is 6.42. The van der Waals surface area contributed by atoms with Crippen LogP contribution in [0.1, 0.15) is 69.7 Å². The van der Waals surface area contributed by atoms with E-state index in [1.807, 2.05) is 6.07 Å². The molecular weight excluding hydrogens is 372 g/mol. The highest BCUT2D eigenvalue weighted by molar-refractivity contribution is 5.88. The summed E-state index contributed by atoms with van der Waals surface area (Å²) in [5.74, 6) is 0.385. The molecule has 0 aromatic heterocycles. The first kappa shape index (κ1) is 22.1. The summed E-state index contributed by atoms with van der Waals surface area (Å²) >= 11 is 0. The van der Waals surface area contributed by atoms with E-state index in [9.17, 15) is 4.79 Å². The van der Waals surface area contributed by atoms with Crippen molar-refractivity contribution < 1.29 is 14.3 Å². The molecule has 30 heavy (non-hydrogen) atoms. The van der Waals surface area contributed by atoms with Crippen molar-refractivity contribution in [1.82, 2.24) is 0 Å². The van der Waals surface area contributed by atoms with E-state index in [0.29, 0.717) is 6.61 Å². The van der Waals surface area contributed by atoms with Crippen LogP contribution in [0.15, 0.2) is 36.4 Å². The van der Waals surface area contributed by atoms with E-state index in [2.05, 4.69) is 58.9 Å². The molecule has 0 saturated heterocycles. The van der Waals surface area contributed by atoms with Crippen LogP contribution in [-0.2, 0) is 20.4 Å². The third kappa shape index (κ3) is 4.30. The van der Waals surface area contributed by atoms with Crippen LogP contribution in [0, 0.1) is 6.92 Å². The van der Waals surface area contributed by atoms with Gasteiger partial charge in [0.15, 0.2) is 0 Å². The van der Waals surface area contributed by atoms with E-state index in [1.165, 1.54) is 41.2 Å². The summed E-state index contributed by atoms with van der Waals surface area (Å²) < 4.78 is 10.5. The van der Waals surface area contributed by atoms with Crippen molar-refractivity contribution in [3.63, 3.8) is 0 Å².